The Hall–Kier alpha value is -10.8. The maximum atomic E-state index is 14.8. The van der Waals surface area contributed by atoms with E-state index in [1.807, 2.05) is 0 Å². The molecule has 0 spiro atoms. The van der Waals surface area contributed by atoms with E-state index in [1.165, 1.54) is 39.6 Å². The number of aromatic amines is 3. The number of aromatic nitrogens is 4. The summed E-state index contributed by atoms with van der Waals surface area (Å²) in [5, 5.41) is 46.0. The molecule has 25 N–H and O–H groups in total. The van der Waals surface area contributed by atoms with Gasteiger partial charge in [-0.2, -0.15) is 25.3 Å². The molecule has 0 unspecified atom stereocenters. The van der Waals surface area contributed by atoms with E-state index >= 15 is 0 Å². The summed E-state index contributed by atoms with van der Waals surface area (Å²) in [6, 6.07) is -2.70. The summed E-state index contributed by atoms with van der Waals surface area (Å²) in [5.74, 6) is -15.5. The lowest BCUT2D eigenvalue weighted by Crippen LogP contribution is -2.61. The number of aliphatic imine (C=N–C) groups is 1. The Morgan fingerprint density at radius 1 is 0.583 bits per heavy atom. The van der Waals surface area contributed by atoms with Gasteiger partial charge in [0, 0.05) is 96.9 Å². The van der Waals surface area contributed by atoms with Crippen LogP contribution in [-0.2, 0) is 86.4 Å². The molecule has 37 nitrogen and oxygen atoms in total. The molecule has 0 bridgehead atoms. The number of fused-ring (bicyclic) bond motifs is 2. The summed E-state index contributed by atoms with van der Waals surface area (Å²) in [6.07, 6.45) is 1.34. The zero-order valence-corrected chi connectivity index (χ0v) is 58.9. The number of para-hydroxylation sites is 2. The van der Waals surface area contributed by atoms with Crippen LogP contribution in [0.25, 0.3) is 21.8 Å². The number of thiol groups is 2. The lowest BCUT2D eigenvalue weighted by molar-refractivity contribution is -0.144. The predicted octanol–water partition coefficient (Wildman–Crippen LogP) is -5.77. The molecule has 0 aliphatic heterocycles. The summed E-state index contributed by atoms with van der Waals surface area (Å²) in [5.41, 5.74) is 30.3. The second kappa shape index (κ2) is 40.0. The number of rotatable bonds is 42. The largest absolute Gasteiger partial charge is 0.481 e. The average molecular weight is 1470 g/mol. The smallest absolute Gasteiger partial charge is 0.305 e. The minimum Gasteiger partial charge on any atom is -0.481 e. The Balaban J connectivity index is 1.36. The van der Waals surface area contributed by atoms with Gasteiger partial charge in [0.1, 0.15) is 60.4 Å². The number of imidazole rings is 1. The Labute approximate surface area is 601 Å². The molecule has 5 rings (SSSR count). The van der Waals surface area contributed by atoms with Crippen LogP contribution in [0.3, 0.4) is 0 Å². The van der Waals surface area contributed by atoms with Gasteiger partial charge in [0.25, 0.3) is 0 Å². The molecule has 2 aromatic carbocycles. The summed E-state index contributed by atoms with van der Waals surface area (Å²) >= 11 is 8.24. The van der Waals surface area contributed by atoms with Crippen LogP contribution in [0.4, 0.5) is 0 Å². The van der Waals surface area contributed by atoms with E-state index in [-0.39, 0.29) is 56.1 Å². The molecule has 3 aromatic heterocycles. The molecule has 12 atom stereocenters. The van der Waals surface area contributed by atoms with Gasteiger partial charge in [-0.05, 0) is 62.3 Å². The van der Waals surface area contributed by atoms with Crippen molar-refractivity contribution in [2.24, 2.45) is 39.6 Å². The second-order valence-electron chi connectivity index (χ2n) is 24.6. The maximum absolute atomic E-state index is 14.8. The van der Waals surface area contributed by atoms with Gasteiger partial charge in [-0.1, -0.05) is 50.2 Å². The molecule has 0 radical (unpaired) electrons. The lowest BCUT2D eigenvalue weighted by Gasteiger charge is -2.33. The number of likely N-dealkylation sites (N-methyl/N-ethyl adjacent to an activating group) is 1. The fraction of sp³-hybridized carbons (Fsp3) is 0.469. The molecule has 560 valence electrons. The summed E-state index contributed by atoms with van der Waals surface area (Å²) in [4.78, 5) is 209. The van der Waals surface area contributed by atoms with Gasteiger partial charge in [-0.25, -0.2) is 4.98 Å². The molecule has 103 heavy (non-hydrogen) atoms. The van der Waals surface area contributed by atoms with Gasteiger partial charge in [-0.3, -0.25) is 72.1 Å². The number of nitrogens with one attached hydrogen (secondary N) is 13. The number of carbonyl (C=O) groups is 14. The van der Waals surface area contributed by atoms with Gasteiger partial charge in [0.2, 0.25) is 76.8 Å². The summed E-state index contributed by atoms with van der Waals surface area (Å²) in [6.45, 7) is 4.86. The zero-order chi connectivity index (χ0) is 76.4. The van der Waals surface area contributed by atoms with Crippen LogP contribution < -0.4 is 81.8 Å². The first kappa shape index (κ1) is 82.9. The van der Waals surface area contributed by atoms with Crippen LogP contribution >= 0.6 is 25.3 Å². The number of primary amides is 2. The Morgan fingerprint density at radius 2 is 1.10 bits per heavy atom. The monoisotopic (exact) mass is 1470 g/mol. The number of carboxylic acid groups (broad SMARTS) is 1. The number of hydrogen-bond acceptors (Lipinski definition) is 20. The van der Waals surface area contributed by atoms with Crippen molar-refractivity contribution in [2.75, 3.05) is 31.6 Å². The zero-order valence-electron chi connectivity index (χ0n) is 57.2. The standard InChI is InChI=1S/C64H91N21O16S2/c1-30(2)51(83-55(93)38(65)27-102)63(101)85(5)47(20-34-24-73-40-14-9-7-12-37(34)40)62(100)78-42(16-17-48(66)87)58(96)81-45(22-50(89)90)60(98)80-43(19-33-23-72-39-13-8-6-11-36(33)39)56(94)74-26-49(88)76-31(3)54(92)79-44(21-35-25-70-29-75-35)59(97)77-41(15-10-18-71-64(68)69)57(95)82-46(28-103)61(99)84-52(32(4)86)53(67)91/h6-9,11-14,23-25,29-32,38,41-47,51-52,72-73,86,102-103H,10,15-22,26-28,65H2,1-5H3,(H2,66,87)(H2,67,91)(H,70,75)(H,74,94)(H,76,88)(H,77,97)(H,78,100)(H,79,92)(H,80,98)(H,81,96)(H,82,95)(H,83,93)(H,84,99)(H,89,90)(H4,68,69,71)/t31-,32+,38-,41-,42-,43-,44-,45-,46-,47-,51-,52-/m0/s1. The third kappa shape index (κ3) is 25.3. The average Bonchev–Trinajstić information content (AvgIpc) is 1.76. The number of carbonyl (C=O) groups excluding carboxylic acids is 13. The summed E-state index contributed by atoms with van der Waals surface area (Å²) in [7, 11) is 1.31. The van der Waals surface area contributed by atoms with Gasteiger partial charge >= 0.3 is 5.97 Å². The van der Waals surface area contributed by atoms with E-state index in [9.17, 15) is 77.3 Å². The van der Waals surface area contributed by atoms with Crippen LogP contribution in [0.2, 0.25) is 0 Å². The molecule has 13 amide bonds. The predicted molar refractivity (Wildman–Crippen MR) is 381 cm³/mol. The molecule has 0 fully saturated rings. The van der Waals surface area contributed by atoms with Crippen molar-refractivity contribution >= 4 is 136 Å². The van der Waals surface area contributed by atoms with Crippen molar-refractivity contribution < 1.29 is 77.3 Å². The van der Waals surface area contributed by atoms with Gasteiger partial charge in [-0.15, -0.1) is 0 Å². The number of aliphatic hydroxyl groups excluding tert-OH is 1. The van der Waals surface area contributed by atoms with Crippen molar-refractivity contribution in [1.29, 1.82) is 0 Å². The Morgan fingerprint density at radius 3 is 1.64 bits per heavy atom. The van der Waals surface area contributed by atoms with Crippen LogP contribution in [0, 0.1) is 5.92 Å². The first-order valence-corrected chi connectivity index (χ1v) is 33.8. The number of nitrogens with two attached hydrogens (primary N) is 5. The Kier molecular flexibility index (Phi) is 32.2. The molecule has 0 saturated heterocycles. The third-order valence-corrected chi connectivity index (χ3v) is 17.1. The normalized spacial score (nSPS) is 14.7. The number of nitrogens with zero attached hydrogens (tertiary/aromatic N) is 3. The second-order valence-corrected chi connectivity index (χ2v) is 25.4. The fourth-order valence-corrected chi connectivity index (χ4v) is 11.0. The number of aliphatic hydroxyl groups is 1. The number of guanidine groups is 1. The molecule has 0 aliphatic carbocycles. The highest BCUT2D eigenvalue weighted by Gasteiger charge is 2.39. The molecule has 0 saturated carbocycles. The minimum atomic E-state index is -2.02. The molecular formula is C64H91N21O16S2. The van der Waals surface area contributed by atoms with E-state index in [0.29, 0.717) is 38.6 Å². The van der Waals surface area contributed by atoms with E-state index < -0.39 is 187 Å². The first-order valence-electron chi connectivity index (χ1n) is 32.6. The lowest BCUT2D eigenvalue weighted by atomic mass is 9.98. The van der Waals surface area contributed by atoms with E-state index in [0.717, 1.165) is 4.90 Å². The van der Waals surface area contributed by atoms with Crippen LogP contribution in [0.15, 0.2) is 78.4 Å². The number of carboxylic acids is 1. The molecule has 5 aromatic rings. The van der Waals surface area contributed by atoms with Crippen molar-refractivity contribution in [3.8, 4) is 0 Å². The quantitative estimate of drug-likeness (QED) is 0.00749. The maximum Gasteiger partial charge on any atom is 0.305 e. The third-order valence-electron chi connectivity index (χ3n) is 16.3. The molecular weight excluding hydrogens is 1380 g/mol. The van der Waals surface area contributed by atoms with Crippen molar-refractivity contribution in [1.82, 2.24) is 78.0 Å². The van der Waals surface area contributed by atoms with Gasteiger partial charge in [0.05, 0.1) is 31.4 Å². The molecule has 3 heterocycles. The van der Waals surface area contributed by atoms with Crippen LogP contribution in [0.5, 0.6) is 0 Å². The highest BCUT2D eigenvalue weighted by molar-refractivity contribution is 7.80. The topological polar surface area (TPSA) is 606 Å². The van der Waals surface area contributed by atoms with E-state index in [4.69, 9.17) is 28.7 Å². The highest BCUT2D eigenvalue weighted by atomic mass is 32.1. The number of benzene rings is 2. The SMILES string of the molecule is CC(C)[C@H](NC(=O)[C@@H](N)CS)C(=O)N(C)[C@@H](Cc1c[nH]c2ccccc12)C(=O)N[C@@H](CCC(N)=O)C(=O)N[C@@H](CC(=O)O)C(=O)N[C@@H](Cc1c[nH]c2ccccc12)C(=O)NCC(=O)N[C@@H](C)C(=O)N[C@@H](Cc1cnc[nH]1)C(=O)N[C@@H](CCCN=C(N)N)C(=O)N[C@@H](CS)C(=O)N[C@H](C(N)=O)[C@@H](C)O. The van der Waals surface area contributed by atoms with Gasteiger partial charge < -0.3 is 112 Å². The van der Waals surface area contributed by atoms with Gasteiger partial charge in [0.15, 0.2) is 5.96 Å². The fourth-order valence-electron chi connectivity index (χ4n) is 10.6. The number of amides is 13. The van der Waals surface area contributed by atoms with Crippen molar-refractivity contribution in [3.05, 3.63) is 90.3 Å². The number of hydrogen-bond donors (Lipinski definition) is 22. The molecule has 39 heteroatoms. The minimum absolute atomic E-state index is 0.0143. The summed E-state index contributed by atoms with van der Waals surface area (Å²) < 4.78 is 0. The van der Waals surface area contributed by atoms with Crippen molar-refractivity contribution in [2.45, 2.75) is 152 Å². The van der Waals surface area contributed by atoms with E-state index in [2.05, 4.69) is 103 Å². The van der Waals surface area contributed by atoms with Crippen molar-refractivity contribution in [3.63, 3.8) is 0 Å². The van der Waals surface area contributed by atoms with Crippen LogP contribution in [0.1, 0.15) is 76.6 Å². The van der Waals surface area contributed by atoms with E-state index in [1.54, 1.807) is 68.6 Å². The number of H-pyrrole nitrogens is 3. The van der Waals surface area contributed by atoms with Crippen LogP contribution in [-0.4, -0.2) is 228 Å². The first-order chi connectivity index (χ1) is 48.7. The molecule has 0 aliphatic rings. The Bertz CT molecular complexity index is 3860. The highest BCUT2D eigenvalue weighted by Crippen LogP contribution is 2.23. The number of aliphatic carboxylic acids is 1.